The zero-order chi connectivity index (χ0) is 22.5. The van der Waals surface area contributed by atoms with E-state index in [9.17, 15) is 19.7 Å². The Morgan fingerprint density at radius 1 is 1.13 bits per heavy atom. The molecule has 0 saturated heterocycles. The molecule has 0 bridgehead atoms. The standard InChI is InChI=1S/C22H20ClN3O5/c1-14-10-18(15(2)25(14)12-16-6-4-3-5-7-16)22(28)31-13-21(27)24-20-9-8-17(26(29)30)11-19(20)23/h3-11H,12-13H2,1-2H3,(H,24,27). The van der Waals surface area contributed by atoms with Crippen molar-refractivity contribution >= 4 is 34.9 Å². The first kappa shape index (κ1) is 22.0. The van der Waals surface area contributed by atoms with Gasteiger partial charge in [-0.1, -0.05) is 41.9 Å². The molecule has 1 aromatic heterocycles. The lowest BCUT2D eigenvalue weighted by atomic mass is 10.2. The quantitative estimate of drug-likeness (QED) is 0.330. The van der Waals surface area contributed by atoms with Gasteiger partial charge in [-0.2, -0.15) is 0 Å². The van der Waals surface area contributed by atoms with Crippen LogP contribution in [0.25, 0.3) is 0 Å². The van der Waals surface area contributed by atoms with Crippen molar-refractivity contribution in [3.8, 4) is 0 Å². The van der Waals surface area contributed by atoms with E-state index in [1.54, 1.807) is 6.07 Å². The fraction of sp³-hybridized carbons (Fsp3) is 0.182. The summed E-state index contributed by atoms with van der Waals surface area (Å²) in [5.74, 6) is -1.22. The van der Waals surface area contributed by atoms with E-state index < -0.39 is 23.4 Å². The van der Waals surface area contributed by atoms with Crippen LogP contribution in [0.1, 0.15) is 27.3 Å². The molecule has 1 N–H and O–H groups in total. The Morgan fingerprint density at radius 2 is 1.84 bits per heavy atom. The third kappa shape index (κ3) is 5.29. The van der Waals surface area contributed by atoms with Crippen LogP contribution in [-0.2, 0) is 16.1 Å². The summed E-state index contributed by atoms with van der Waals surface area (Å²) in [7, 11) is 0. The van der Waals surface area contributed by atoms with Gasteiger partial charge in [0, 0.05) is 30.1 Å². The highest BCUT2D eigenvalue weighted by Crippen LogP contribution is 2.26. The molecule has 0 saturated carbocycles. The molecule has 9 heteroatoms. The number of hydrogen-bond acceptors (Lipinski definition) is 5. The normalized spacial score (nSPS) is 10.5. The number of nitrogens with one attached hydrogen (secondary N) is 1. The molecule has 0 fully saturated rings. The molecule has 0 aliphatic heterocycles. The Kier molecular flexibility index (Phi) is 6.71. The monoisotopic (exact) mass is 441 g/mol. The second kappa shape index (κ2) is 9.44. The van der Waals surface area contributed by atoms with Gasteiger partial charge in [0.05, 0.1) is 21.2 Å². The summed E-state index contributed by atoms with van der Waals surface area (Å²) < 4.78 is 7.15. The molecule has 3 aromatic rings. The summed E-state index contributed by atoms with van der Waals surface area (Å²) in [6, 6.07) is 15.2. The summed E-state index contributed by atoms with van der Waals surface area (Å²) in [6.45, 7) is 3.82. The van der Waals surface area contributed by atoms with Crippen LogP contribution in [-0.4, -0.2) is 28.0 Å². The van der Waals surface area contributed by atoms with Crippen molar-refractivity contribution in [1.82, 2.24) is 4.57 Å². The minimum absolute atomic E-state index is 0.0123. The topological polar surface area (TPSA) is 103 Å². The lowest BCUT2D eigenvalue weighted by molar-refractivity contribution is -0.384. The molecule has 0 aliphatic rings. The number of non-ortho nitro benzene ring substituents is 1. The predicted octanol–water partition coefficient (Wildman–Crippen LogP) is 4.51. The van der Waals surface area contributed by atoms with Crippen LogP contribution >= 0.6 is 11.6 Å². The number of rotatable bonds is 7. The van der Waals surface area contributed by atoms with Crippen molar-refractivity contribution in [1.29, 1.82) is 0 Å². The summed E-state index contributed by atoms with van der Waals surface area (Å²) >= 11 is 5.95. The van der Waals surface area contributed by atoms with Gasteiger partial charge in [0.1, 0.15) is 0 Å². The average Bonchev–Trinajstić information content (AvgIpc) is 3.02. The maximum Gasteiger partial charge on any atom is 0.340 e. The molecule has 0 spiro atoms. The van der Waals surface area contributed by atoms with Gasteiger partial charge in [-0.25, -0.2) is 4.79 Å². The minimum Gasteiger partial charge on any atom is -0.452 e. The van der Waals surface area contributed by atoms with Crippen LogP contribution in [0.5, 0.6) is 0 Å². The highest BCUT2D eigenvalue weighted by atomic mass is 35.5. The summed E-state index contributed by atoms with van der Waals surface area (Å²) in [5, 5.41) is 13.2. The van der Waals surface area contributed by atoms with E-state index in [0.717, 1.165) is 23.0 Å². The van der Waals surface area contributed by atoms with Crippen molar-refractivity contribution in [2.24, 2.45) is 0 Å². The summed E-state index contributed by atoms with van der Waals surface area (Å²) in [5.41, 5.74) is 3.12. The van der Waals surface area contributed by atoms with E-state index in [4.69, 9.17) is 16.3 Å². The van der Waals surface area contributed by atoms with Crippen molar-refractivity contribution < 1.29 is 19.2 Å². The zero-order valence-corrected chi connectivity index (χ0v) is 17.7. The number of carbonyl (C=O) groups is 2. The Labute approximate surface area is 183 Å². The fourth-order valence-corrected chi connectivity index (χ4v) is 3.35. The van der Waals surface area contributed by atoms with E-state index in [2.05, 4.69) is 5.32 Å². The maximum atomic E-state index is 12.5. The van der Waals surface area contributed by atoms with Crippen LogP contribution < -0.4 is 5.32 Å². The van der Waals surface area contributed by atoms with Gasteiger partial charge in [-0.05, 0) is 31.5 Å². The number of amides is 1. The Balaban J connectivity index is 1.62. The van der Waals surface area contributed by atoms with Gasteiger partial charge < -0.3 is 14.6 Å². The third-order valence-corrected chi connectivity index (χ3v) is 5.06. The van der Waals surface area contributed by atoms with Crippen molar-refractivity contribution in [3.63, 3.8) is 0 Å². The molecule has 31 heavy (non-hydrogen) atoms. The molecule has 2 aromatic carbocycles. The molecule has 1 heterocycles. The second-order valence-electron chi connectivity index (χ2n) is 6.90. The number of halogens is 1. The molecule has 0 atom stereocenters. The number of carbonyl (C=O) groups excluding carboxylic acids is 2. The highest BCUT2D eigenvalue weighted by Gasteiger charge is 2.19. The van der Waals surface area contributed by atoms with E-state index in [1.165, 1.54) is 12.1 Å². The Morgan fingerprint density at radius 3 is 2.48 bits per heavy atom. The van der Waals surface area contributed by atoms with Gasteiger partial charge >= 0.3 is 5.97 Å². The third-order valence-electron chi connectivity index (χ3n) is 4.75. The van der Waals surface area contributed by atoms with Gasteiger partial charge in [-0.15, -0.1) is 0 Å². The molecule has 1 amide bonds. The highest BCUT2D eigenvalue weighted by molar-refractivity contribution is 6.34. The van der Waals surface area contributed by atoms with Gasteiger partial charge in [-0.3, -0.25) is 14.9 Å². The number of nitrogens with zero attached hydrogens (tertiary/aromatic N) is 2. The van der Waals surface area contributed by atoms with Gasteiger partial charge in [0.25, 0.3) is 11.6 Å². The summed E-state index contributed by atoms with van der Waals surface area (Å²) in [6.07, 6.45) is 0. The molecule has 160 valence electrons. The molecular weight excluding hydrogens is 422 g/mol. The predicted molar refractivity (Wildman–Crippen MR) is 116 cm³/mol. The number of nitro groups is 1. The van der Waals surface area contributed by atoms with Gasteiger partial charge in [0.15, 0.2) is 6.61 Å². The number of ether oxygens (including phenoxy) is 1. The van der Waals surface area contributed by atoms with Crippen LogP contribution in [0.15, 0.2) is 54.6 Å². The average molecular weight is 442 g/mol. The number of esters is 1. The first-order valence-electron chi connectivity index (χ1n) is 9.38. The number of aromatic nitrogens is 1. The van der Waals surface area contributed by atoms with E-state index in [-0.39, 0.29) is 16.4 Å². The van der Waals surface area contributed by atoms with Crippen LogP contribution in [0, 0.1) is 24.0 Å². The number of anilines is 1. The van der Waals surface area contributed by atoms with Crippen molar-refractivity contribution in [3.05, 3.63) is 92.2 Å². The lowest BCUT2D eigenvalue weighted by Gasteiger charge is -2.10. The van der Waals surface area contributed by atoms with Crippen LogP contribution in [0.3, 0.4) is 0 Å². The molecule has 0 aliphatic carbocycles. The van der Waals surface area contributed by atoms with Crippen molar-refractivity contribution in [2.75, 3.05) is 11.9 Å². The van der Waals surface area contributed by atoms with Gasteiger partial charge in [0.2, 0.25) is 0 Å². The minimum atomic E-state index is -0.614. The lowest BCUT2D eigenvalue weighted by Crippen LogP contribution is -2.21. The Hall–Kier alpha value is -3.65. The van der Waals surface area contributed by atoms with Crippen LogP contribution in [0.2, 0.25) is 5.02 Å². The second-order valence-corrected chi connectivity index (χ2v) is 7.31. The van der Waals surface area contributed by atoms with Crippen molar-refractivity contribution in [2.45, 2.75) is 20.4 Å². The number of aryl methyl sites for hydroxylation is 1. The van der Waals surface area contributed by atoms with E-state index in [1.807, 2.05) is 48.7 Å². The first-order valence-corrected chi connectivity index (χ1v) is 9.75. The van der Waals surface area contributed by atoms with Crippen LogP contribution in [0.4, 0.5) is 11.4 Å². The number of nitro benzene ring substituents is 1. The molecule has 8 nitrogen and oxygen atoms in total. The Bertz CT molecular complexity index is 1140. The molecule has 0 radical (unpaired) electrons. The zero-order valence-electron chi connectivity index (χ0n) is 16.9. The van der Waals surface area contributed by atoms with E-state index >= 15 is 0 Å². The van der Waals surface area contributed by atoms with E-state index in [0.29, 0.717) is 12.1 Å². The molecule has 0 unspecified atom stereocenters. The largest absolute Gasteiger partial charge is 0.452 e. The fourth-order valence-electron chi connectivity index (χ4n) is 3.13. The number of hydrogen-bond donors (Lipinski definition) is 1. The smallest absolute Gasteiger partial charge is 0.340 e. The molecular formula is C22H20ClN3O5. The summed E-state index contributed by atoms with van der Waals surface area (Å²) in [4.78, 5) is 34.8. The SMILES string of the molecule is Cc1cc(C(=O)OCC(=O)Nc2ccc([N+](=O)[O-])cc2Cl)c(C)n1Cc1ccccc1. The maximum absolute atomic E-state index is 12.5. The number of benzene rings is 2. The molecule has 3 rings (SSSR count). The first-order chi connectivity index (χ1) is 14.8.